The molecule has 0 spiro atoms. The van der Waals surface area contributed by atoms with Gasteiger partial charge in [0.2, 0.25) is 0 Å². The van der Waals surface area contributed by atoms with Crippen LogP contribution in [0.25, 0.3) is 11.1 Å². The van der Waals surface area contributed by atoms with Crippen LogP contribution < -0.4 is 0 Å². The molecule has 0 aliphatic carbocycles. The first-order chi connectivity index (χ1) is 7.61. The molecule has 16 heavy (non-hydrogen) atoms. The Kier molecular flexibility index (Phi) is 2.88. The zero-order valence-electron chi connectivity index (χ0n) is 7.98. The van der Waals surface area contributed by atoms with Crippen LogP contribution in [0.1, 0.15) is 0 Å². The molecule has 2 rings (SSSR count). The first-order valence-corrected chi connectivity index (χ1v) is 4.87. The first-order valence-electron chi connectivity index (χ1n) is 4.49. The molecule has 4 heteroatoms. The van der Waals surface area contributed by atoms with Gasteiger partial charge in [0.05, 0.1) is 0 Å². The van der Waals surface area contributed by atoms with E-state index in [1.807, 2.05) is 0 Å². The van der Waals surface area contributed by atoms with E-state index in [1.165, 1.54) is 18.2 Å². The van der Waals surface area contributed by atoms with Gasteiger partial charge in [-0.3, -0.25) is 0 Å². The van der Waals surface area contributed by atoms with Gasteiger partial charge in [-0.15, -0.1) is 0 Å². The fourth-order valence-corrected chi connectivity index (χ4v) is 1.58. The molecule has 2 aromatic rings. The summed E-state index contributed by atoms with van der Waals surface area (Å²) < 4.78 is 39.9. The predicted octanol–water partition coefficient (Wildman–Crippen LogP) is 4.42. The van der Waals surface area contributed by atoms with Crippen molar-refractivity contribution in [3.8, 4) is 11.1 Å². The lowest BCUT2D eigenvalue weighted by atomic mass is 10.0. The summed E-state index contributed by atoms with van der Waals surface area (Å²) >= 11 is 5.41. The Morgan fingerprint density at radius 1 is 0.750 bits per heavy atom. The van der Waals surface area contributed by atoms with Crippen LogP contribution in [0, 0.1) is 17.5 Å². The molecule has 0 heterocycles. The number of hydrogen-bond donors (Lipinski definition) is 0. The normalized spacial score (nSPS) is 10.5. The third-order valence-corrected chi connectivity index (χ3v) is 2.55. The Morgan fingerprint density at radius 2 is 1.44 bits per heavy atom. The van der Waals surface area contributed by atoms with E-state index in [-0.39, 0.29) is 11.1 Å². The van der Waals surface area contributed by atoms with Gasteiger partial charge in [0.25, 0.3) is 0 Å². The van der Waals surface area contributed by atoms with Gasteiger partial charge < -0.3 is 0 Å². The van der Waals surface area contributed by atoms with E-state index in [1.54, 1.807) is 6.07 Å². The lowest BCUT2D eigenvalue weighted by Gasteiger charge is -2.06. The summed E-state index contributed by atoms with van der Waals surface area (Å²) in [4.78, 5) is 0. The third kappa shape index (κ3) is 1.78. The van der Waals surface area contributed by atoms with Crippen molar-refractivity contribution in [2.45, 2.75) is 0 Å². The minimum absolute atomic E-state index is 0.0514. The van der Waals surface area contributed by atoms with Gasteiger partial charge in [-0.2, -0.15) is 0 Å². The molecule has 0 N–H and O–H groups in total. The highest BCUT2D eigenvalue weighted by Gasteiger charge is 2.15. The second-order valence-corrected chi connectivity index (χ2v) is 3.58. The van der Waals surface area contributed by atoms with Crippen molar-refractivity contribution >= 4 is 11.6 Å². The first kappa shape index (κ1) is 11.0. The predicted molar refractivity (Wildman–Crippen MR) is 56.8 cm³/mol. The maximum atomic E-state index is 13.6. The maximum absolute atomic E-state index is 13.6. The molecule has 0 aromatic heterocycles. The Labute approximate surface area is 95.3 Å². The number of halogens is 4. The van der Waals surface area contributed by atoms with Crippen molar-refractivity contribution in [1.82, 2.24) is 0 Å². The zero-order chi connectivity index (χ0) is 11.7. The number of rotatable bonds is 1. The summed E-state index contributed by atoms with van der Waals surface area (Å²) in [6.45, 7) is 0. The molecule has 0 bridgehead atoms. The lowest BCUT2D eigenvalue weighted by Crippen LogP contribution is -1.91. The molecule has 0 fully saturated rings. The summed E-state index contributed by atoms with van der Waals surface area (Å²) in [5.74, 6) is -2.39. The molecule has 0 atom stereocenters. The highest BCUT2D eigenvalue weighted by Crippen LogP contribution is 2.30. The second kappa shape index (κ2) is 4.18. The Morgan fingerprint density at radius 3 is 2.12 bits per heavy atom. The van der Waals surface area contributed by atoms with Gasteiger partial charge >= 0.3 is 0 Å². The summed E-state index contributed by atoms with van der Waals surface area (Å²) in [6.07, 6.45) is 0. The highest BCUT2D eigenvalue weighted by atomic mass is 35.5. The van der Waals surface area contributed by atoms with Crippen molar-refractivity contribution in [3.05, 3.63) is 58.9 Å². The molecular formula is C12H6ClF3. The summed E-state index contributed by atoms with van der Waals surface area (Å²) in [5, 5.41) is -0.624. The highest BCUT2D eigenvalue weighted by molar-refractivity contribution is 6.31. The SMILES string of the molecule is Fc1ccccc1-c1ccc(F)c(Cl)c1F. The van der Waals surface area contributed by atoms with Gasteiger partial charge in [-0.05, 0) is 18.2 Å². The quantitative estimate of drug-likeness (QED) is 0.649. The topological polar surface area (TPSA) is 0 Å². The van der Waals surface area contributed by atoms with E-state index in [9.17, 15) is 13.2 Å². The number of benzene rings is 2. The van der Waals surface area contributed by atoms with Crippen molar-refractivity contribution in [1.29, 1.82) is 0 Å². The van der Waals surface area contributed by atoms with E-state index >= 15 is 0 Å². The second-order valence-electron chi connectivity index (χ2n) is 3.20. The van der Waals surface area contributed by atoms with Crippen LogP contribution in [0.2, 0.25) is 5.02 Å². The molecule has 0 unspecified atom stereocenters. The molecule has 2 aromatic carbocycles. The Bertz CT molecular complexity index is 538. The van der Waals surface area contributed by atoms with Crippen LogP contribution in [0.3, 0.4) is 0 Å². The summed E-state index contributed by atoms with van der Waals surface area (Å²) in [7, 11) is 0. The molecule has 82 valence electrons. The smallest absolute Gasteiger partial charge is 0.152 e. The molecule has 0 aliphatic rings. The van der Waals surface area contributed by atoms with Crippen molar-refractivity contribution in [3.63, 3.8) is 0 Å². The van der Waals surface area contributed by atoms with E-state index in [2.05, 4.69) is 0 Å². The zero-order valence-corrected chi connectivity index (χ0v) is 8.73. The maximum Gasteiger partial charge on any atom is 0.152 e. The van der Waals surface area contributed by atoms with Crippen LogP contribution in [-0.4, -0.2) is 0 Å². The molecule has 0 aliphatic heterocycles. The molecule has 0 nitrogen and oxygen atoms in total. The summed E-state index contributed by atoms with van der Waals surface area (Å²) in [5.41, 5.74) is 0.00593. The molecule has 0 amide bonds. The molecule has 0 saturated heterocycles. The van der Waals surface area contributed by atoms with Crippen molar-refractivity contribution < 1.29 is 13.2 Å². The minimum Gasteiger partial charge on any atom is -0.206 e. The van der Waals surface area contributed by atoms with E-state index in [4.69, 9.17) is 11.6 Å². The van der Waals surface area contributed by atoms with Gasteiger partial charge in [-0.1, -0.05) is 29.8 Å². The fraction of sp³-hybridized carbons (Fsp3) is 0. The Balaban J connectivity index is 2.66. The van der Waals surface area contributed by atoms with E-state index in [0.717, 1.165) is 12.1 Å². The van der Waals surface area contributed by atoms with Gasteiger partial charge in [0, 0.05) is 11.1 Å². The van der Waals surface area contributed by atoms with Crippen LogP contribution in [0.5, 0.6) is 0 Å². The van der Waals surface area contributed by atoms with Crippen LogP contribution in [-0.2, 0) is 0 Å². The van der Waals surface area contributed by atoms with E-state index < -0.39 is 22.5 Å². The lowest BCUT2D eigenvalue weighted by molar-refractivity contribution is 0.583. The molecular weight excluding hydrogens is 237 g/mol. The van der Waals surface area contributed by atoms with Crippen molar-refractivity contribution in [2.75, 3.05) is 0 Å². The summed E-state index contributed by atoms with van der Waals surface area (Å²) in [6, 6.07) is 7.83. The van der Waals surface area contributed by atoms with Crippen LogP contribution in [0.15, 0.2) is 36.4 Å². The third-order valence-electron chi connectivity index (χ3n) is 2.20. The minimum atomic E-state index is -0.952. The monoisotopic (exact) mass is 242 g/mol. The van der Waals surface area contributed by atoms with Gasteiger partial charge in [0.15, 0.2) is 5.82 Å². The van der Waals surface area contributed by atoms with E-state index in [0.29, 0.717) is 0 Å². The fourth-order valence-electron chi connectivity index (χ4n) is 1.41. The Hall–Kier alpha value is -1.48. The number of hydrogen-bond acceptors (Lipinski definition) is 0. The largest absolute Gasteiger partial charge is 0.206 e. The average Bonchev–Trinajstić information content (AvgIpc) is 2.28. The van der Waals surface area contributed by atoms with Crippen LogP contribution >= 0.6 is 11.6 Å². The van der Waals surface area contributed by atoms with Crippen molar-refractivity contribution in [2.24, 2.45) is 0 Å². The van der Waals surface area contributed by atoms with Gasteiger partial charge in [0.1, 0.15) is 16.7 Å². The van der Waals surface area contributed by atoms with Gasteiger partial charge in [-0.25, -0.2) is 13.2 Å². The average molecular weight is 243 g/mol. The molecule has 0 radical (unpaired) electrons. The molecule has 0 saturated carbocycles. The standard InChI is InChI=1S/C12H6ClF3/c13-11-10(15)6-5-8(12(11)16)7-3-1-2-4-9(7)14/h1-6H. The van der Waals surface area contributed by atoms with Crippen LogP contribution in [0.4, 0.5) is 13.2 Å².